The van der Waals surface area contributed by atoms with Gasteiger partial charge in [0.25, 0.3) is 3.79 Å². The quantitative estimate of drug-likeness (QED) is 0.335. The van der Waals surface area contributed by atoms with Gasteiger partial charge in [-0.15, -0.1) is 0 Å². The molecule has 0 saturated carbocycles. The molecule has 1 atom stereocenters. The second-order valence-corrected chi connectivity index (χ2v) is 6.38. The number of hydrogen-bond donors (Lipinski definition) is 0. The topological polar surface area (TPSA) is 26.3 Å². The molecule has 0 N–H and O–H groups in total. The fourth-order valence-corrected chi connectivity index (χ4v) is 1.14. The van der Waals surface area contributed by atoms with E-state index in [1.807, 2.05) is 6.92 Å². The van der Waals surface area contributed by atoms with Crippen molar-refractivity contribution in [1.29, 1.82) is 0 Å². The van der Waals surface area contributed by atoms with Crippen LogP contribution >= 0.6 is 57.4 Å². The standard InChI is InChI=1S/C7H8Cl3IO2/c1-4(11)5(13-2)3-6(12)7(8,9)10/h3-4H,1-2H3/b5-3+. The second-order valence-electron chi connectivity index (χ2n) is 2.23. The lowest BCUT2D eigenvalue weighted by Crippen LogP contribution is -2.17. The summed E-state index contributed by atoms with van der Waals surface area (Å²) in [5, 5.41) is 0. The van der Waals surface area contributed by atoms with Gasteiger partial charge in [0.15, 0.2) is 0 Å². The average molecular weight is 357 g/mol. The van der Waals surface area contributed by atoms with Crippen molar-refractivity contribution in [2.75, 3.05) is 7.11 Å². The number of alkyl halides is 4. The predicted octanol–water partition coefficient (Wildman–Crippen LogP) is 3.28. The van der Waals surface area contributed by atoms with Crippen LogP contribution in [0.15, 0.2) is 11.8 Å². The van der Waals surface area contributed by atoms with Crippen LogP contribution in [0.2, 0.25) is 0 Å². The minimum absolute atomic E-state index is 0.0545. The minimum Gasteiger partial charge on any atom is -0.500 e. The summed E-state index contributed by atoms with van der Waals surface area (Å²) >= 11 is 18.2. The normalized spacial score (nSPS) is 15.4. The molecule has 0 aromatic heterocycles. The Bertz CT molecular complexity index is 220. The molecule has 1 unspecified atom stereocenters. The van der Waals surface area contributed by atoms with E-state index in [1.165, 1.54) is 13.2 Å². The number of methoxy groups -OCH3 is 1. The fraction of sp³-hybridized carbons (Fsp3) is 0.571. The first-order chi connectivity index (χ1) is 5.79. The second kappa shape index (κ2) is 5.63. The number of rotatable bonds is 3. The Morgan fingerprint density at radius 3 is 2.23 bits per heavy atom. The van der Waals surface area contributed by atoms with Gasteiger partial charge in [0.2, 0.25) is 5.78 Å². The predicted molar refractivity (Wildman–Crippen MR) is 63.9 cm³/mol. The molecule has 76 valence electrons. The molecule has 13 heavy (non-hydrogen) atoms. The van der Waals surface area contributed by atoms with Crippen molar-refractivity contribution < 1.29 is 9.53 Å². The van der Waals surface area contributed by atoms with E-state index < -0.39 is 9.58 Å². The Labute approximate surface area is 106 Å². The highest BCUT2D eigenvalue weighted by Crippen LogP contribution is 2.28. The third kappa shape index (κ3) is 5.30. The first kappa shape index (κ1) is 13.8. The third-order valence-electron chi connectivity index (χ3n) is 1.18. The van der Waals surface area contributed by atoms with E-state index in [0.717, 1.165) is 0 Å². The largest absolute Gasteiger partial charge is 0.500 e. The molecule has 0 fully saturated rings. The van der Waals surface area contributed by atoms with Gasteiger partial charge >= 0.3 is 0 Å². The molecule has 0 heterocycles. The molecule has 0 radical (unpaired) electrons. The van der Waals surface area contributed by atoms with Gasteiger partial charge < -0.3 is 4.74 Å². The Morgan fingerprint density at radius 2 is 2.00 bits per heavy atom. The molecule has 0 aliphatic rings. The first-order valence-electron chi connectivity index (χ1n) is 3.30. The van der Waals surface area contributed by atoms with E-state index >= 15 is 0 Å². The average Bonchev–Trinajstić information content (AvgIpc) is 1.96. The Kier molecular flexibility index (Phi) is 5.98. The zero-order valence-electron chi connectivity index (χ0n) is 6.98. The van der Waals surface area contributed by atoms with Gasteiger partial charge in [0.05, 0.1) is 11.0 Å². The van der Waals surface area contributed by atoms with E-state index in [2.05, 4.69) is 22.6 Å². The van der Waals surface area contributed by atoms with Crippen molar-refractivity contribution in [3.63, 3.8) is 0 Å². The maximum atomic E-state index is 11.2. The van der Waals surface area contributed by atoms with Gasteiger partial charge in [-0.1, -0.05) is 57.4 Å². The monoisotopic (exact) mass is 356 g/mol. The van der Waals surface area contributed by atoms with Gasteiger partial charge in [-0.25, -0.2) is 0 Å². The van der Waals surface area contributed by atoms with Crippen LogP contribution in [-0.4, -0.2) is 20.6 Å². The van der Waals surface area contributed by atoms with Crippen molar-refractivity contribution in [2.24, 2.45) is 0 Å². The number of carbonyl (C=O) groups excluding carboxylic acids is 1. The summed E-state index contributed by atoms with van der Waals surface area (Å²) in [7, 11) is 1.46. The smallest absolute Gasteiger partial charge is 0.252 e. The number of halogens is 4. The number of hydrogen-bond acceptors (Lipinski definition) is 2. The SMILES string of the molecule is CO/C(=C/C(=O)C(Cl)(Cl)Cl)C(C)I. The summed E-state index contributed by atoms with van der Waals surface area (Å²) in [5.41, 5.74) is 0. The number of ether oxygens (including phenoxy) is 1. The van der Waals surface area contributed by atoms with Gasteiger partial charge in [0.1, 0.15) is 5.76 Å². The summed E-state index contributed by atoms with van der Waals surface area (Å²) in [5.74, 6) is -0.116. The van der Waals surface area contributed by atoms with E-state index in [9.17, 15) is 4.79 Å². The lowest BCUT2D eigenvalue weighted by molar-refractivity contribution is -0.114. The minimum atomic E-state index is -1.91. The van der Waals surface area contributed by atoms with Crippen molar-refractivity contribution >= 4 is 63.2 Å². The van der Waals surface area contributed by atoms with Crippen LogP contribution in [0.5, 0.6) is 0 Å². The van der Waals surface area contributed by atoms with Crippen LogP contribution in [0, 0.1) is 0 Å². The molecule has 0 aliphatic heterocycles. The number of carbonyl (C=O) groups is 1. The Hall–Kier alpha value is 0.810. The lowest BCUT2D eigenvalue weighted by Gasteiger charge is -2.10. The molecule has 6 heteroatoms. The molecule has 0 rings (SSSR count). The molecule has 0 saturated heterocycles. The van der Waals surface area contributed by atoms with Crippen LogP contribution < -0.4 is 0 Å². The van der Waals surface area contributed by atoms with Crippen molar-refractivity contribution in [3.8, 4) is 0 Å². The highest BCUT2D eigenvalue weighted by Gasteiger charge is 2.29. The van der Waals surface area contributed by atoms with Crippen LogP contribution in [0.25, 0.3) is 0 Å². The van der Waals surface area contributed by atoms with Crippen molar-refractivity contribution in [1.82, 2.24) is 0 Å². The molecule has 0 bridgehead atoms. The highest BCUT2D eigenvalue weighted by atomic mass is 127. The number of allylic oxidation sites excluding steroid dienone is 2. The molecule has 2 nitrogen and oxygen atoms in total. The highest BCUT2D eigenvalue weighted by molar-refractivity contribution is 14.1. The molecule has 0 spiro atoms. The Morgan fingerprint density at radius 1 is 1.54 bits per heavy atom. The van der Waals surface area contributed by atoms with E-state index in [1.54, 1.807) is 0 Å². The summed E-state index contributed by atoms with van der Waals surface area (Å²) in [6, 6.07) is 0. The molecule has 0 aliphatic carbocycles. The fourth-order valence-electron chi connectivity index (χ4n) is 0.547. The molecule has 0 amide bonds. The van der Waals surface area contributed by atoms with Crippen molar-refractivity contribution in [2.45, 2.75) is 14.6 Å². The lowest BCUT2D eigenvalue weighted by atomic mass is 10.3. The molecule has 0 aromatic carbocycles. The van der Waals surface area contributed by atoms with Gasteiger partial charge in [0, 0.05) is 6.08 Å². The maximum absolute atomic E-state index is 11.2. The van der Waals surface area contributed by atoms with Crippen LogP contribution in [0.1, 0.15) is 6.92 Å². The molecular weight excluding hydrogens is 349 g/mol. The van der Waals surface area contributed by atoms with E-state index in [0.29, 0.717) is 5.76 Å². The van der Waals surface area contributed by atoms with E-state index in [4.69, 9.17) is 39.5 Å². The van der Waals surface area contributed by atoms with Crippen LogP contribution in [-0.2, 0) is 9.53 Å². The van der Waals surface area contributed by atoms with Gasteiger partial charge in [-0.05, 0) is 6.92 Å². The molecular formula is C7H8Cl3IO2. The van der Waals surface area contributed by atoms with Crippen LogP contribution in [0.3, 0.4) is 0 Å². The third-order valence-corrected chi connectivity index (χ3v) is 2.35. The molecule has 0 aromatic rings. The zero-order chi connectivity index (χ0) is 10.6. The maximum Gasteiger partial charge on any atom is 0.252 e. The van der Waals surface area contributed by atoms with Gasteiger partial charge in [-0.3, -0.25) is 4.79 Å². The van der Waals surface area contributed by atoms with Gasteiger partial charge in [-0.2, -0.15) is 0 Å². The van der Waals surface area contributed by atoms with Crippen molar-refractivity contribution in [3.05, 3.63) is 11.8 Å². The number of ketones is 1. The van der Waals surface area contributed by atoms with E-state index in [-0.39, 0.29) is 3.92 Å². The Balaban J connectivity index is 4.62. The zero-order valence-corrected chi connectivity index (χ0v) is 11.4. The first-order valence-corrected chi connectivity index (χ1v) is 5.67. The van der Waals surface area contributed by atoms with Crippen LogP contribution in [0.4, 0.5) is 0 Å². The summed E-state index contributed by atoms with van der Waals surface area (Å²) in [4.78, 5) is 11.2. The summed E-state index contributed by atoms with van der Waals surface area (Å²) in [6.45, 7) is 1.86. The summed E-state index contributed by atoms with van der Waals surface area (Å²) in [6.07, 6.45) is 1.20. The summed E-state index contributed by atoms with van der Waals surface area (Å²) < 4.78 is 3.08.